The number of carbonyl (C=O) groups excluding carboxylic acids is 1. The largest absolute Gasteiger partial charge is 0.481 e. The molecule has 0 bridgehead atoms. The molecule has 1 unspecified atom stereocenters. The Bertz CT molecular complexity index is 978. The quantitative estimate of drug-likeness (QED) is 0.752. The van der Waals surface area contributed by atoms with Crippen LogP contribution in [0.5, 0.6) is 5.75 Å². The van der Waals surface area contributed by atoms with Gasteiger partial charge in [0.05, 0.1) is 4.90 Å². The number of aryl methyl sites for hydroxylation is 3. The summed E-state index contributed by atoms with van der Waals surface area (Å²) in [6.45, 7) is 8.72. The standard InChI is InChI=1S/C22H28N2O4S/c1-16-5-8-20(9-6-16)28-19(4)22(25)23-11-13-24(14-12-23)29(26,27)21-10-7-17(2)15-18(21)3/h5-10,15,19H,11-14H2,1-4H3. The van der Waals surface area contributed by atoms with Crippen LogP contribution in [0.15, 0.2) is 47.4 Å². The molecule has 2 aromatic rings. The summed E-state index contributed by atoms with van der Waals surface area (Å²) in [5.41, 5.74) is 2.89. The van der Waals surface area contributed by atoms with Gasteiger partial charge in [0, 0.05) is 26.2 Å². The van der Waals surface area contributed by atoms with Gasteiger partial charge in [0.15, 0.2) is 6.10 Å². The van der Waals surface area contributed by atoms with Crippen LogP contribution >= 0.6 is 0 Å². The molecule has 0 aromatic heterocycles. The van der Waals surface area contributed by atoms with Crippen molar-refractivity contribution in [2.45, 2.75) is 38.7 Å². The highest BCUT2D eigenvalue weighted by atomic mass is 32.2. The van der Waals surface area contributed by atoms with Crippen LogP contribution in [0.4, 0.5) is 0 Å². The van der Waals surface area contributed by atoms with Crippen LogP contribution < -0.4 is 4.74 Å². The highest BCUT2D eigenvalue weighted by molar-refractivity contribution is 7.89. The smallest absolute Gasteiger partial charge is 0.263 e. The lowest BCUT2D eigenvalue weighted by Crippen LogP contribution is -2.53. The zero-order valence-electron chi connectivity index (χ0n) is 17.4. The number of rotatable bonds is 5. The predicted octanol–water partition coefficient (Wildman–Crippen LogP) is 2.91. The molecule has 1 saturated heterocycles. The monoisotopic (exact) mass is 416 g/mol. The lowest BCUT2D eigenvalue weighted by molar-refractivity contribution is -0.139. The lowest BCUT2D eigenvalue weighted by atomic mass is 10.2. The van der Waals surface area contributed by atoms with Crippen molar-refractivity contribution in [1.82, 2.24) is 9.21 Å². The van der Waals surface area contributed by atoms with Crippen LogP contribution in [0.25, 0.3) is 0 Å². The Kier molecular flexibility index (Phi) is 6.29. The van der Waals surface area contributed by atoms with Gasteiger partial charge in [-0.25, -0.2) is 8.42 Å². The number of piperazine rings is 1. The van der Waals surface area contributed by atoms with E-state index in [0.717, 1.165) is 16.7 Å². The van der Waals surface area contributed by atoms with Crippen molar-refractivity contribution in [3.05, 3.63) is 59.2 Å². The van der Waals surface area contributed by atoms with Gasteiger partial charge in [0.1, 0.15) is 5.75 Å². The van der Waals surface area contributed by atoms with E-state index in [1.165, 1.54) is 4.31 Å². The van der Waals surface area contributed by atoms with Gasteiger partial charge in [-0.15, -0.1) is 0 Å². The summed E-state index contributed by atoms with van der Waals surface area (Å²) in [6, 6.07) is 12.9. The van der Waals surface area contributed by atoms with E-state index in [4.69, 9.17) is 4.74 Å². The fourth-order valence-corrected chi connectivity index (χ4v) is 5.13. The second-order valence-corrected chi connectivity index (χ2v) is 9.48. The fourth-order valence-electron chi connectivity index (χ4n) is 3.51. The molecule has 29 heavy (non-hydrogen) atoms. The van der Waals surface area contributed by atoms with Crippen molar-refractivity contribution in [2.24, 2.45) is 0 Å². The van der Waals surface area contributed by atoms with Gasteiger partial charge in [0.25, 0.3) is 5.91 Å². The average Bonchev–Trinajstić information content (AvgIpc) is 2.69. The van der Waals surface area contributed by atoms with Crippen LogP contribution in [-0.2, 0) is 14.8 Å². The summed E-state index contributed by atoms with van der Waals surface area (Å²) < 4.78 is 33.2. The molecule has 6 nitrogen and oxygen atoms in total. The fraction of sp³-hybridized carbons (Fsp3) is 0.409. The molecule has 1 aliphatic rings. The molecule has 1 atom stereocenters. The van der Waals surface area contributed by atoms with Gasteiger partial charge in [-0.05, 0) is 51.5 Å². The maximum atomic E-state index is 13.0. The molecule has 156 valence electrons. The Morgan fingerprint density at radius 3 is 2.10 bits per heavy atom. The van der Waals surface area contributed by atoms with E-state index in [9.17, 15) is 13.2 Å². The van der Waals surface area contributed by atoms with Gasteiger partial charge in [-0.1, -0.05) is 35.4 Å². The summed E-state index contributed by atoms with van der Waals surface area (Å²) in [5.74, 6) is 0.515. The van der Waals surface area contributed by atoms with Crippen molar-refractivity contribution >= 4 is 15.9 Å². The second-order valence-electron chi connectivity index (χ2n) is 7.57. The van der Waals surface area contributed by atoms with E-state index in [0.29, 0.717) is 23.7 Å². The minimum absolute atomic E-state index is 0.130. The third-order valence-corrected chi connectivity index (χ3v) is 7.24. The molecular formula is C22H28N2O4S. The molecule has 0 radical (unpaired) electrons. The highest BCUT2D eigenvalue weighted by Gasteiger charge is 2.32. The molecule has 2 aromatic carbocycles. The normalized spacial score (nSPS) is 16.5. The van der Waals surface area contributed by atoms with Crippen molar-refractivity contribution in [2.75, 3.05) is 26.2 Å². The Hall–Kier alpha value is -2.38. The molecule has 1 aliphatic heterocycles. The molecule has 7 heteroatoms. The van der Waals surface area contributed by atoms with Gasteiger partial charge >= 0.3 is 0 Å². The summed E-state index contributed by atoms with van der Waals surface area (Å²) in [6.07, 6.45) is -0.625. The summed E-state index contributed by atoms with van der Waals surface area (Å²) in [7, 11) is -3.57. The molecule has 1 amide bonds. The van der Waals surface area contributed by atoms with E-state index in [1.807, 2.05) is 57.2 Å². The number of amides is 1. The van der Waals surface area contributed by atoms with Crippen molar-refractivity contribution in [1.29, 1.82) is 0 Å². The van der Waals surface area contributed by atoms with Crippen molar-refractivity contribution in [3.8, 4) is 5.75 Å². The summed E-state index contributed by atoms with van der Waals surface area (Å²) >= 11 is 0. The average molecular weight is 417 g/mol. The van der Waals surface area contributed by atoms with Gasteiger partial charge in [-0.3, -0.25) is 4.79 Å². The molecule has 1 fully saturated rings. The first-order chi connectivity index (χ1) is 13.7. The first-order valence-electron chi connectivity index (χ1n) is 9.78. The molecule has 0 saturated carbocycles. The predicted molar refractivity (Wildman–Crippen MR) is 113 cm³/mol. The van der Waals surface area contributed by atoms with E-state index in [1.54, 1.807) is 17.9 Å². The Morgan fingerprint density at radius 2 is 1.52 bits per heavy atom. The van der Waals surface area contributed by atoms with Gasteiger partial charge in [0.2, 0.25) is 10.0 Å². The number of benzene rings is 2. The molecular weight excluding hydrogens is 388 g/mol. The number of sulfonamides is 1. The maximum absolute atomic E-state index is 13.0. The van der Waals surface area contributed by atoms with Crippen molar-refractivity contribution in [3.63, 3.8) is 0 Å². The van der Waals surface area contributed by atoms with E-state index < -0.39 is 16.1 Å². The zero-order valence-corrected chi connectivity index (χ0v) is 18.2. The van der Waals surface area contributed by atoms with Crippen LogP contribution in [0.2, 0.25) is 0 Å². The van der Waals surface area contributed by atoms with E-state index in [2.05, 4.69) is 0 Å². The first kappa shape index (κ1) is 21.3. The second kappa shape index (κ2) is 8.55. The number of carbonyl (C=O) groups is 1. The molecule has 1 heterocycles. The minimum atomic E-state index is -3.57. The first-order valence-corrected chi connectivity index (χ1v) is 11.2. The zero-order chi connectivity index (χ0) is 21.2. The maximum Gasteiger partial charge on any atom is 0.263 e. The molecule has 0 spiro atoms. The minimum Gasteiger partial charge on any atom is -0.481 e. The van der Waals surface area contributed by atoms with Gasteiger partial charge < -0.3 is 9.64 Å². The molecule has 0 aliphatic carbocycles. The van der Waals surface area contributed by atoms with E-state index >= 15 is 0 Å². The van der Waals surface area contributed by atoms with Gasteiger partial charge in [-0.2, -0.15) is 4.31 Å². The van der Waals surface area contributed by atoms with Crippen LogP contribution in [0.3, 0.4) is 0 Å². The van der Waals surface area contributed by atoms with Crippen LogP contribution in [-0.4, -0.2) is 55.8 Å². The number of nitrogens with zero attached hydrogens (tertiary/aromatic N) is 2. The number of hydrogen-bond acceptors (Lipinski definition) is 4. The molecule has 0 N–H and O–H groups in total. The molecule has 3 rings (SSSR count). The highest BCUT2D eigenvalue weighted by Crippen LogP contribution is 2.22. The Labute approximate surface area is 173 Å². The number of ether oxygens (including phenoxy) is 1. The summed E-state index contributed by atoms with van der Waals surface area (Å²) in [5, 5.41) is 0. The van der Waals surface area contributed by atoms with Crippen LogP contribution in [0, 0.1) is 20.8 Å². The van der Waals surface area contributed by atoms with Crippen LogP contribution in [0.1, 0.15) is 23.6 Å². The summed E-state index contributed by atoms with van der Waals surface area (Å²) in [4.78, 5) is 14.7. The Balaban J connectivity index is 1.62. The SMILES string of the molecule is Cc1ccc(OC(C)C(=O)N2CCN(S(=O)(=O)c3ccc(C)cc3C)CC2)cc1. The topological polar surface area (TPSA) is 66.9 Å². The van der Waals surface area contributed by atoms with E-state index in [-0.39, 0.29) is 19.0 Å². The van der Waals surface area contributed by atoms with Crippen molar-refractivity contribution < 1.29 is 17.9 Å². The lowest BCUT2D eigenvalue weighted by Gasteiger charge is -2.35. The Morgan fingerprint density at radius 1 is 0.931 bits per heavy atom. The number of hydrogen-bond donors (Lipinski definition) is 0. The third-order valence-electron chi connectivity index (χ3n) is 5.18. The third kappa shape index (κ3) is 4.79.